The van der Waals surface area contributed by atoms with Crippen LogP contribution in [0.5, 0.6) is 5.75 Å². The smallest absolute Gasteiger partial charge is 0.339 e. The molecule has 0 heterocycles. The highest BCUT2D eigenvalue weighted by Crippen LogP contribution is 2.30. The van der Waals surface area contributed by atoms with E-state index < -0.39 is 24.0 Å². The van der Waals surface area contributed by atoms with E-state index in [1.165, 1.54) is 19.1 Å². The summed E-state index contributed by atoms with van der Waals surface area (Å²) in [4.78, 5) is 33.0. The first-order chi connectivity index (χ1) is 8.82. The van der Waals surface area contributed by atoms with Gasteiger partial charge in [0.1, 0.15) is 11.3 Å². The maximum Gasteiger partial charge on any atom is 0.339 e. The first-order valence-corrected chi connectivity index (χ1v) is 5.91. The van der Waals surface area contributed by atoms with Crippen LogP contribution in [0.2, 0.25) is 0 Å². The molecular formula is C11H11BrN2O5. The molecule has 19 heavy (non-hydrogen) atoms. The lowest BCUT2D eigenvalue weighted by Gasteiger charge is -2.16. The van der Waals surface area contributed by atoms with E-state index in [-0.39, 0.29) is 11.3 Å². The highest BCUT2D eigenvalue weighted by molar-refractivity contribution is 9.10. The third-order valence-electron chi connectivity index (χ3n) is 2.11. The Balaban J connectivity index is 2.96. The summed E-state index contributed by atoms with van der Waals surface area (Å²) < 4.78 is 5.63. The Bertz CT molecular complexity index is 532. The Hall–Kier alpha value is -2.09. The molecule has 0 fully saturated rings. The number of nitrogens with one attached hydrogen (secondary N) is 1. The molecule has 8 heteroatoms. The highest BCUT2D eigenvalue weighted by atomic mass is 79.9. The monoisotopic (exact) mass is 330 g/mol. The van der Waals surface area contributed by atoms with E-state index in [0.29, 0.717) is 4.47 Å². The second kappa shape index (κ2) is 6.19. The van der Waals surface area contributed by atoms with Crippen LogP contribution >= 0.6 is 15.9 Å². The lowest BCUT2D eigenvalue weighted by Crippen LogP contribution is -2.42. The predicted molar refractivity (Wildman–Crippen MR) is 68.9 cm³/mol. The van der Waals surface area contributed by atoms with Crippen LogP contribution in [0.1, 0.15) is 17.3 Å². The molecule has 0 aliphatic heterocycles. The van der Waals surface area contributed by atoms with Gasteiger partial charge in [-0.1, -0.05) is 6.07 Å². The Kier molecular flexibility index (Phi) is 4.87. The van der Waals surface area contributed by atoms with Crippen LogP contribution in [0, 0.1) is 0 Å². The summed E-state index contributed by atoms with van der Waals surface area (Å²) in [6.45, 7) is 1.36. The van der Waals surface area contributed by atoms with Crippen molar-refractivity contribution >= 4 is 33.8 Å². The van der Waals surface area contributed by atoms with Gasteiger partial charge >= 0.3 is 12.0 Å². The molecule has 4 N–H and O–H groups in total. The van der Waals surface area contributed by atoms with Crippen LogP contribution in [-0.2, 0) is 4.79 Å². The van der Waals surface area contributed by atoms with E-state index in [4.69, 9.17) is 15.6 Å². The normalized spacial score (nSPS) is 11.5. The third-order valence-corrected chi connectivity index (χ3v) is 2.73. The maximum atomic E-state index is 11.5. The number of imide groups is 1. The van der Waals surface area contributed by atoms with Gasteiger partial charge in [0.2, 0.25) is 0 Å². The average molecular weight is 331 g/mol. The molecule has 1 rings (SSSR count). The molecule has 0 saturated carbocycles. The number of urea groups is 1. The largest absolute Gasteiger partial charge is 0.479 e. The van der Waals surface area contributed by atoms with Gasteiger partial charge in [-0.05, 0) is 35.0 Å². The lowest BCUT2D eigenvalue weighted by atomic mass is 10.2. The first-order valence-electron chi connectivity index (χ1n) is 5.11. The highest BCUT2D eigenvalue weighted by Gasteiger charge is 2.21. The van der Waals surface area contributed by atoms with Gasteiger partial charge < -0.3 is 15.6 Å². The second-order valence-electron chi connectivity index (χ2n) is 3.54. The minimum atomic E-state index is -1.20. The van der Waals surface area contributed by atoms with Crippen molar-refractivity contribution in [1.29, 1.82) is 0 Å². The topological polar surface area (TPSA) is 119 Å². The average Bonchev–Trinajstić information content (AvgIpc) is 2.30. The fourth-order valence-corrected chi connectivity index (χ4v) is 1.71. The van der Waals surface area contributed by atoms with Crippen molar-refractivity contribution in [3.05, 3.63) is 28.2 Å². The number of amides is 3. The number of hydrogen-bond donors (Lipinski definition) is 3. The summed E-state index contributed by atoms with van der Waals surface area (Å²) in [6, 6.07) is 3.42. The summed E-state index contributed by atoms with van der Waals surface area (Å²) >= 11 is 3.13. The number of nitrogens with two attached hydrogens (primary N) is 1. The summed E-state index contributed by atoms with van der Waals surface area (Å²) in [6.07, 6.45) is -1.08. The molecule has 3 amide bonds. The molecule has 0 bridgehead atoms. The van der Waals surface area contributed by atoms with Gasteiger partial charge in [0.15, 0.2) is 6.10 Å². The van der Waals surface area contributed by atoms with Crippen molar-refractivity contribution < 1.29 is 24.2 Å². The van der Waals surface area contributed by atoms with Gasteiger partial charge in [-0.2, -0.15) is 0 Å². The molecule has 1 aromatic rings. The van der Waals surface area contributed by atoms with Crippen LogP contribution < -0.4 is 15.8 Å². The molecule has 0 radical (unpaired) electrons. The number of carbonyl (C=O) groups is 3. The van der Waals surface area contributed by atoms with Crippen molar-refractivity contribution in [1.82, 2.24) is 5.32 Å². The van der Waals surface area contributed by atoms with Crippen LogP contribution in [0.4, 0.5) is 4.79 Å². The second-order valence-corrected chi connectivity index (χ2v) is 4.39. The Labute approximate surface area is 116 Å². The molecule has 0 aliphatic rings. The van der Waals surface area contributed by atoms with E-state index in [0.717, 1.165) is 0 Å². The third kappa shape index (κ3) is 3.95. The number of carbonyl (C=O) groups excluding carboxylic acids is 2. The molecule has 102 valence electrons. The van der Waals surface area contributed by atoms with Crippen molar-refractivity contribution in [2.75, 3.05) is 0 Å². The standard InChI is InChI=1S/C11H11BrN2O5/c1-5(9(15)14-11(13)18)19-8-6(10(16)17)3-2-4-7(8)12/h2-5H,1H3,(H,16,17)(H3,13,14,15,18). The number of hydrogen-bond acceptors (Lipinski definition) is 4. The molecule has 1 atom stereocenters. The zero-order valence-corrected chi connectivity index (χ0v) is 11.4. The van der Waals surface area contributed by atoms with Crippen LogP contribution in [0.15, 0.2) is 22.7 Å². The molecule has 0 aliphatic carbocycles. The number of para-hydroxylation sites is 1. The summed E-state index contributed by atoms with van der Waals surface area (Å²) in [5, 5.41) is 10.9. The minimum absolute atomic E-state index is 0.00196. The number of carboxylic acids is 1. The fourth-order valence-electron chi connectivity index (χ4n) is 1.25. The maximum absolute atomic E-state index is 11.5. The van der Waals surface area contributed by atoms with E-state index in [2.05, 4.69) is 15.9 Å². The number of aromatic carboxylic acids is 1. The van der Waals surface area contributed by atoms with Gasteiger partial charge in [-0.3, -0.25) is 10.1 Å². The van der Waals surface area contributed by atoms with Crippen molar-refractivity contribution in [3.63, 3.8) is 0 Å². The van der Waals surface area contributed by atoms with E-state index in [1.807, 2.05) is 5.32 Å². The Morgan fingerprint density at radius 3 is 2.58 bits per heavy atom. The van der Waals surface area contributed by atoms with Crippen LogP contribution in [0.25, 0.3) is 0 Å². The van der Waals surface area contributed by atoms with Gasteiger partial charge in [0.25, 0.3) is 5.91 Å². The van der Waals surface area contributed by atoms with Gasteiger partial charge in [0.05, 0.1) is 4.47 Å². The van der Waals surface area contributed by atoms with Gasteiger partial charge in [-0.25, -0.2) is 9.59 Å². The summed E-state index contributed by atoms with van der Waals surface area (Å²) in [7, 11) is 0. The molecular weight excluding hydrogens is 320 g/mol. The molecule has 1 unspecified atom stereocenters. The summed E-state index contributed by atoms with van der Waals surface area (Å²) in [5.41, 5.74) is 4.70. The number of carboxylic acid groups (broad SMARTS) is 1. The number of primary amides is 1. The fraction of sp³-hybridized carbons (Fsp3) is 0.182. The summed E-state index contributed by atoms with van der Waals surface area (Å²) in [5.74, 6) is -1.96. The van der Waals surface area contributed by atoms with E-state index >= 15 is 0 Å². The van der Waals surface area contributed by atoms with Crippen LogP contribution in [-0.4, -0.2) is 29.1 Å². The van der Waals surface area contributed by atoms with Gasteiger partial charge in [-0.15, -0.1) is 0 Å². The number of benzene rings is 1. The van der Waals surface area contributed by atoms with E-state index in [1.54, 1.807) is 6.07 Å². The quantitative estimate of drug-likeness (QED) is 0.764. The molecule has 1 aromatic carbocycles. The van der Waals surface area contributed by atoms with E-state index in [9.17, 15) is 14.4 Å². The molecule has 0 saturated heterocycles. The Morgan fingerprint density at radius 2 is 2.05 bits per heavy atom. The zero-order chi connectivity index (χ0) is 14.6. The van der Waals surface area contributed by atoms with Crippen molar-refractivity contribution in [2.45, 2.75) is 13.0 Å². The number of halogens is 1. The molecule has 0 spiro atoms. The SMILES string of the molecule is CC(Oc1c(Br)cccc1C(=O)O)C(=O)NC(N)=O. The van der Waals surface area contributed by atoms with Crippen molar-refractivity contribution in [2.24, 2.45) is 5.73 Å². The Morgan fingerprint density at radius 1 is 1.42 bits per heavy atom. The predicted octanol–water partition coefficient (Wildman–Crippen LogP) is 1.11. The minimum Gasteiger partial charge on any atom is -0.479 e. The van der Waals surface area contributed by atoms with Crippen molar-refractivity contribution in [3.8, 4) is 5.75 Å². The molecule has 7 nitrogen and oxygen atoms in total. The zero-order valence-electron chi connectivity index (χ0n) is 9.84. The first kappa shape index (κ1) is 15.0. The number of rotatable bonds is 4. The van der Waals surface area contributed by atoms with Gasteiger partial charge in [0, 0.05) is 0 Å². The van der Waals surface area contributed by atoms with Crippen LogP contribution in [0.3, 0.4) is 0 Å². The molecule has 0 aromatic heterocycles. The number of ether oxygens (including phenoxy) is 1. The lowest BCUT2D eigenvalue weighted by molar-refractivity contribution is -0.126.